The summed E-state index contributed by atoms with van der Waals surface area (Å²) in [5, 5.41) is 0.819. The predicted octanol–water partition coefficient (Wildman–Crippen LogP) is 3.30. The monoisotopic (exact) mass is 238 g/mol. The van der Waals surface area contributed by atoms with Crippen LogP contribution in [0.15, 0.2) is 18.2 Å². The van der Waals surface area contributed by atoms with Crippen molar-refractivity contribution < 1.29 is 0 Å². The third-order valence-corrected chi connectivity index (χ3v) is 3.81. The van der Waals surface area contributed by atoms with Gasteiger partial charge in [-0.3, -0.25) is 4.90 Å². The van der Waals surface area contributed by atoms with Gasteiger partial charge in [0.1, 0.15) is 0 Å². The zero-order valence-electron chi connectivity index (χ0n) is 9.75. The molecule has 0 aromatic heterocycles. The van der Waals surface area contributed by atoms with E-state index >= 15 is 0 Å². The third-order valence-electron chi connectivity index (χ3n) is 3.44. The van der Waals surface area contributed by atoms with E-state index in [1.807, 2.05) is 18.2 Å². The highest BCUT2D eigenvalue weighted by atomic mass is 35.5. The summed E-state index contributed by atoms with van der Waals surface area (Å²) in [6.07, 6.45) is 5.35. The molecule has 1 aliphatic carbocycles. The van der Waals surface area contributed by atoms with Crippen LogP contribution in [0.5, 0.6) is 0 Å². The van der Waals surface area contributed by atoms with Gasteiger partial charge in [0.25, 0.3) is 0 Å². The SMILES string of the molecule is CN(Cc1cc(N)ccc1Cl)C1CCCC1. The van der Waals surface area contributed by atoms with Crippen molar-refractivity contribution in [3.63, 3.8) is 0 Å². The van der Waals surface area contributed by atoms with Crippen LogP contribution >= 0.6 is 11.6 Å². The number of halogens is 1. The molecule has 0 saturated heterocycles. The zero-order chi connectivity index (χ0) is 11.5. The number of nitrogen functional groups attached to an aromatic ring is 1. The molecular formula is C13H19ClN2. The van der Waals surface area contributed by atoms with Crippen LogP contribution in [0.25, 0.3) is 0 Å². The molecule has 1 aliphatic rings. The van der Waals surface area contributed by atoms with E-state index in [1.54, 1.807) is 0 Å². The number of rotatable bonds is 3. The lowest BCUT2D eigenvalue weighted by atomic mass is 10.1. The molecule has 2 N–H and O–H groups in total. The first kappa shape index (κ1) is 11.7. The minimum atomic E-state index is 0.720. The van der Waals surface area contributed by atoms with Crippen LogP contribution in [0.4, 0.5) is 5.69 Å². The minimum Gasteiger partial charge on any atom is -0.399 e. The Morgan fingerprint density at radius 2 is 2.06 bits per heavy atom. The topological polar surface area (TPSA) is 29.3 Å². The maximum absolute atomic E-state index is 6.16. The van der Waals surface area contributed by atoms with E-state index < -0.39 is 0 Å². The first-order chi connectivity index (χ1) is 7.66. The summed E-state index contributed by atoms with van der Waals surface area (Å²) in [6.45, 7) is 0.897. The molecule has 0 radical (unpaired) electrons. The van der Waals surface area contributed by atoms with E-state index in [0.29, 0.717) is 0 Å². The lowest BCUT2D eigenvalue weighted by Gasteiger charge is -2.24. The second-order valence-electron chi connectivity index (χ2n) is 4.70. The van der Waals surface area contributed by atoms with Crippen molar-refractivity contribution >= 4 is 17.3 Å². The van der Waals surface area contributed by atoms with E-state index in [9.17, 15) is 0 Å². The van der Waals surface area contributed by atoms with E-state index in [4.69, 9.17) is 17.3 Å². The molecule has 16 heavy (non-hydrogen) atoms. The summed E-state index contributed by atoms with van der Waals surface area (Å²) < 4.78 is 0. The summed E-state index contributed by atoms with van der Waals surface area (Å²) in [6, 6.07) is 6.43. The molecule has 88 valence electrons. The van der Waals surface area contributed by atoms with Gasteiger partial charge < -0.3 is 5.73 Å². The van der Waals surface area contributed by atoms with Gasteiger partial charge in [-0.2, -0.15) is 0 Å². The van der Waals surface area contributed by atoms with Gasteiger partial charge in [-0.1, -0.05) is 24.4 Å². The fourth-order valence-corrected chi connectivity index (χ4v) is 2.64. The molecule has 0 unspecified atom stereocenters. The van der Waals surface area contributed by atoms with Crippen molar-refractivity contribution in [1.29, 1.82) is 0 Å². The molecule has 2 nitrogen and oxygen atoms in total. The molecule has 0 atom stereocenters. The van der Waals surface area contributed by atoms with E-state index in [2.05, 4.69) is 11.9 Å². The molecule has 1 saturated carbocycles. The molecule has 3 heteroatoms. The van der Waals surface area contributed by atoms with Crippen molar-refractivity contribution in [1.82, 2.24) is 4.90 Å². The summed E-state index contributed by atoms with van der Waals surface area (Å²) in [5.41, 5.74) is 7.71. The van der Waals surface area contributed by atoms with E-state index in [1.165, 1.54) is 25.7 Å². The standard InChI is InChI=1S/C13H19ClN2/c1-16(12-4-2-3-5-12)9-10-8-11(15)6-7-13(10)14/h6-8,12H,2-5,9,15H2,1H3. The van der Waals surface area contributed by atoms with Crippen LogP contribution in [0.1, 0.15) is 31.2 Å². The molecule has 2 rings (SSSR count). The summed E-state index contributed by atoms with van der Waals surface area (Å²) in [5.74, 6) is 0. The van der Waals surface area contributed by atoms with Gasteiger partial charge in [0.05, 0.1) is 0 Å². The maximum atomic E-state index is 6.16. The van der Waals surface area contributed by atoms with Crippen molar-refractivity contribution in [3.8, 4) is 0 Å². The van der Waals surface area contributed by atoms with E-state index in [-0.39, 0.29) is 0 Å². The second kappa shape index (κ2) is 5.07. The number of nitrogens with zero attached hydrogens (tertiary/aromatic N) is 1. The zero-order valence-corrected chi connectivity index (χ0v) is 10.5. The van der Waals surface area contributed by atoms with Crippen LogP contribution in [-0.4, -0.2) is 18.0 Å². The molecule has 0 bridgehead atoms. The van der Waals surface area contributed by atoms with Gasteiger partial charge in [-0.05, 0) is 43.7 Å². The number of hydrogen-bond acceptors (Lipinski definition) is 2. The quantitative estimate of drug-likeness (QED) is 0.819. The van der Waals surface area contributed by atoms with Crippen LogP contribution in [0.2, 0.25) is 5.02 Å². The van der Waals surface area contributed by atoms with Crippen molar-refractivity contribution in [2.24, 2.45) is 0 Å². The highest BCUT2D eigenvalue weighted by Gasteiger charge is 2.19. The van der Waals surface area contributed by atoms with Gasteiger partial charge in [0, 0.05) is 23.3 Å². The largest absolute Gasteiger partial charge is 0.399 e. The number of benzene rings is 1. The van der Waals surface area contributed by atoms with Crippen LogP contribution in [-0.2, 0) is 6.54 Å². The van der Waals surface area contributed by atoms with Gasteiger partial charge in [-0.15, -0.1) is 0 Å². The highest BCUT2D eigenvalue weighted by Crippen LogP contribution is 2.26. The Labute approximate surface area is 102 Å². The van der Waals surface area contributed by atoms with Crippen LogP contribution < -0.4 is 5.73 Å². The smallest absolute Gasteiger partial charge is 0.0452 e. The Morgan fingerprint density at radius 3 is 2.75 bits per heavy atom. The number of hydrogen-bond donors (Lipinski definition) is 1. The maximum Gasteiger partial charge on any atom is 0.0452 e. The predicted molar refractivity (Wildman–Crippen MR) is 69.6 cm³/mol. The van der Waals surface area contributed by atoms with Gasteiger partial charge in [0.2, 0.25) is 0 Å². The molecule has 0 heterocycles. The molecule has 0 aliphatic heterocycles. The molecule has 1 aromatic rings. The average Bonchev–Trinajstić information content (AvgIpc) is 2.76. The molecular weight excluding hydrogens is 220 g/mol. The molecule has 0 spiro atoms. The van der Waals surface area contributed by atoms with Gasteiger partial charge in [0.15, 0.2) is 0 Å². The highest BCUT2D eigenvalue weighted by molar-refractivity contribution is 6.31. The minimum absolute atomic E-state index is 0.720. The number of anilines is 1. The fourth-order valence-electron chi connectivity index (χ4n) is 2.46. The fraction of sp³-hybridized carbons (Fsp3) is 0.538. The van der Waals surface area contributed by atoms with Crippen molar-refractivity contribution in [2.75, 3.05) is 12.8 Å². The lowest BCUT2D eigenvalue weighted by molar-refractivity contribution is 0.237. The van der Waals surface area contributed by atoms with Crippen molar-refractivity contribution in [3.05, 3.63) is 28.8 Å². The Morgan fingerprint density at radius 1 is 1.38 bits per heavy atom. The lowest BCUT2D eigenvalue weighted by Crippen LogP contribution is -2.28. The van der Waals surface area contributed by atoms with Crippen LogP contribution in [0, 0.1) is 0 Å². The van der Waals surface area contributed by atoms with Gasteiger partial charge in [-0.25, -0.2) is 0 Å². The normalized spacial score (nSPS) is 17.2. The number of nitrogens with two attached hydrogens (primary N) is 1. The summed E-state index contributed by atoms with van der Waals surface area (Å²) in [7, 11) is 2.18. The first-order valence-electron chi connectivity index (χ1n) is 5.91. The Kier molecular flexibility index (Phi) is 3.72. The molecule has 1 fully saturated rings. The summed E-state index contributed by atoms with van der Waals surface area (Å²) >= 11 is 6.16. The Bertz CT molecular complexity index is 359. The average molecular weight is 239 g/mol. The molecule has 1 aromatic carbocycles. The summed E-state index contributed by atoms with van der Waals surface area (Å²) in [4.78, 5) is 2.40. The van der Waals surface area contributed by atoms with Gasteiger partial charge >= 0.3 is 0 Å². The Balaban J connectivity index is 2.04. The first-order valence-corrected chi connectivity index (χ1v) is 6.29. The third kappa shape index (κ3) is 2.69. The second-order valence-corrected chi connectivity index (χ2v) is 5.11. The molecule has 0 amide bonds. The Hall–Kier alpha value is -0.730. The van der Waals surface area contributed by atoms with Crippen molar-refractivity contribution in [2.45, 2.75) is 38.3 Å². The van der Waals surface area contributed by atoms with Crippen LogP contribution in [0.3, 0.4) is 0 Å². The van der Waals surface area contributed by atoms with E-state index in [0.717, 1.165) is 28.9 Å².